The van der Waals surface area contributed by atoms with Gasteiger partial charge in [-0.15, -0.1) is 0 Å². The molecule has 0 atom stereocenters. The summed E-state index contributed by atoms with van der Waals surface area (Å²) in [4.78, 5) is 9.27. The van der Waals surface area contributed by atoms with Gasteiger partial charge in [0.2, 0.25) is 5.88 Å². The van der Waals surface area contributed by atoms with Gasteiger partial charge in [0.1, 0.15) is 11.3 Å². The quantitative estimate of drug-likeness (QED) is 0.404. The van der Waals surface area contributed by atoms with Crippen LogP contribution < -0.4 is 7.58 Å². The Bertz CT molecular complexity index is 1210. The van der Waals surface area contributed by atoms with Crippen molar-refractivity contribution in [3.63, 3.8) is 0 Å². The molecule has 0 radical (unpaired) electrons. The van der Waals surface area contributed by atoms with Crippen LogP contribution in [0.4, 0.5) is 11.6 Å². The van der Waals surface area contributed by atoms with Crippen molar-refractivity contribution in [3.05, 3.63) is 83.9 Å². The molecular weight excluding hydrogens is 367 g/mol. The maximum Gasteiger partial charge on any atom is 0.832 e. The summed E-state index contributed by atoms with van der Waals surface area (Å²) in [5.41, 5.74) is 3.18. The van der Waals surface area contributed by atoms with Crippen molar-refractivity contribution in [2.75, 3.05) is 0 Å². The minimum Gasteiger partial charge on any atom is -0.614 e. The standard InChI is InChI=1S/C22H16N2O3.Al.H/c25-18-10-4-1-7-15(18)13-23-21-17-9-3-6-12-20(17)27-22(21)24-14-16-8-2-5-11-19(16)26;;/h1-14,25-26H;;/q;+2;/p-2. The minimum absolute atomic E-state index is 0.460. The molecular formula is C22H15AlN2O3. The van der Waals surface area contributed by atoms with E-state index in [9.17, 15) is 0 Å². The lowest BCUT2D eigenvalue weighted by Gasteiger charge is -2.12. The normalized spacial score (nSPS) is 12.9. The SMILES string of the molecule is C1=Nc2oc3ccccc3c2N=Cc2ccccc2[O][AlH][O]c2ccccc21. The van der Waals surface area contributed by atoms with Crippen LogP contribution in [0.2, 0.25) is 0 Å². The van der Waals surface area contributed by atoms with E-state index < -0.39 is 15.9 Å². The summed E-state index contributed by atoms with van der Waals surface area (Å²) < 4.78 is 17.9. The fourth-order valence-electron chi connectivity index (χ4n) is 3.09. The van der Waals surface area contributed by atoms with Gasteiger partial charge in [-0.3, -0.25) is 0 Å². The first-order chi connectivity index (χ1) is 13.9. The monoisotopic (exact) mass is 382 g/mol. The molecule has 1 aliphatic heterocycles. The van der Waals surface area contributed by atoms with Crippen LogP contribution in [-0.2, 0) is 0 Å². The molecule has 0 saturated carbocycles. The van der Waals surface area contributed by atoms with Crippen LogP contribution in [-0.4, -0.2) is 28.3 Å². The molecule has 0 fully saturated rings. The fraction of sp³-hybridized carbons (Fsp3) is 0. The highest BCUT2D eigenvalue weighted by Gasteiger charge is 2.14. The molecule has 0 N–H and O–H groups in total. The van der Waals surface area contributed by atoms with Gasteiger partial charge in [0.15, 0.2) is 0 Å². The Kier molecular flexibility index (Phi) is 4.42. The smallest absolute Gasteiger partial charge is 0.614 e. The second kappa shape index (κ2) is 7.36. The maximum atomic E-state index is 5.97. The summed E-state index contributed by atoms with van der Waals surface area (Å²) in [6.45, 7) is 0. The molecule has 3 aromatic carbocycles. The van der Waals surface area contributed by atoms with Crippen LogP contribution >= 0.6 is 0 Å². The second-order valence-electron chi connectivity index (χ2n) is 6.25. The number of hydrogen-bond acceptors (Lipinski definition) is 5. The largest absolute Gasteiger partial charge is 0.832 e. The molecule has 28 heavy (non-hydrogen) atoms. The summed E-state index contributed by atoms with van der Waals surface area (Å²) in [5, 5.41) is 0.915. The van der Waals surface area contributed by atoms with Gasteiger partial charge in [-0.2, -0.15) is 0 Å². The van der Waals surface area contributed by atoms with Gasteiger partial charge in [-0.25, -0.2) is 9.98 Å². The Morgan fingerprint density at radius 3 is 2.00 bits per heavy atom. The van der Waals surface area contributed by atoms with Gasteiger partial charge in [0.05, 0.1) is 11.5 Å². The molecule has 1 aliphatic rings. The average molecular weight is 382 g/mol. The van der Waals surface area contributed by atoms with Gasteiger partial charge < -0.3 is 12.0 Å². The van der Waals surface area contributed by atoms with Crippen LogP contribution in [0, 0.1) is 0 Å². The number of furan rings is 1. The molecule has 0 unspecified atom stereocenters. The molecule has 2 heterocycles. The van der Waals surface area contributed by atoms with Crippen molar-refractivity contribution in [1.29, 1.82) is 0 Å². The second-order valence-corrected chi connectivity index (χ2v) is 7.06. The number of para-hydroxylation sites is 3. The predicted molar refractivity (Wildman–Crippen MR) is 112 cm³/mol. The van der Waals surface area contributed by atoms with Gasteiger partial charge in [0.25, 0.3) is 0 Å². The predicted octanol–water partition coefficient (Wildman–Crippen LogP) is 4.97. The summed E-state index contributed by atoms with van der Waals surface area (Å²) in [6.07, 6.45) is 3.52. The molecule has 0 spiro atoms. The van der Waals surface area contributed by atoms with Gasteiger partial charge in [0, 0.05) is 28.9 Å². The molecule has 1 aromatic heterocycles. The summed E-state index contributed by atoms with van der Waals surface area (Å²) in [6, 6.07) is 23.3. The van der Waals surface area contributed by atoms with Crippen molar-refractivity contribution >= 4 is 50.9 Å². The first-order valence-corrected chi connectivity index (χ1v) is 10.1. The molecule has 134 valence electrons. The number of fused-ring (bicyclic) bond motifs is 5. The van der Waals surface area contributed by atoms with Crippen LogP contribution in [0.3, 0.4) is 0 Å². The molecule has 5 nitrogen and oxygen atoms in total. The Balaban J connectivity index is 1.71. The summed E-state index contributed by atoms with van der Waals surface area (Å²) in [7, 11) is 0. The maximum absolute atomic E-state index is 5.97. The molecule has 6 heteroatoms. The zero-order valence-electron chi connectivity index (χ0n) is 14.9. The van der Waals surface area contributed by atoms with E-state index in [-0.39, 0.29) is 0 Å². The van der Waals surface area contributed by atoms with Gasteiger partial charge >= 0.3 is 15.9 Å². The first-order valence-electron chi connectivity index (χ1n) is 8.92. The highest BCUT2D eigenvalue weighted by molar-refractivity contribution is 6.21. The van der Waals surface area contributed by atoms with Gasteiger partial charge in [-0.05, 0) is 36.4 Å². The van der Waals surface area contributed by atoms with Crippen molar-refractivity contribution in [3.8, 4) is 11.5 Å². The van der Waals surface area contributed by atoms with Crippen LogP contribution in [0.1, 0.15) is 11.1 Å². The zero-order chi connectivity index (χ0) is 18.8. The number of rotatable bonds is 0. The van der Waals surface area contributed by atoms with E-state index in [2.05, 4.69) is 4.99 Å². The zero-order valence-corrected chi connectivity index (χ0v) is 16.3. The van der Waals surface area contributed by atoms with Crippen molar-refractivity contribution in [2.24, 2.45) is 9.98 Å². The van der Waals surface area contributed by atoms with Crippen molar-refractivity contribution < 1.29 is 12.0 Å². The van der Waals surface area contributed by atoms with Crippen LogP contribution in [0.5, 0.6) is 11.5 Å². The van der Waals surface area contributed by atoms with E-state index in [1.807, 2.05) is 72.8 Å². The molecule has 0 amide bonds. The van der Waals surface area contributed by atoms with E-state index in [0.717, 1.165) is 33.6 Å². The number of aliphatic imine (C=N–C) groups is 2. The highest BCUT2D eigenvalue weighted by atomic mass is 27.2. The fourth-order valence-corrected chi connectivity index (χ4v) is 3.93. The highest BCUT2D eigenvalue weighted by Crippen LogP contribution is 2.39. The number of benzene rings is 3. The van der Waals surface area contributed by atoms with Crippen LogP contribution in [0.15, 0.2) is 87.2 Å². The summed E-state index contributed by atoms with van der Waals surface area (Å²) in [5.74, 6) is 1.96. The lowest BCUT2D eigenvalue weighted by molar-refractivity contribution is 0.458. The molecule has 4 aromatic rings. The third-order valence-corrected chi connectivity index (χ3v) is 5.33. The lowest BCUT2D eigenvalue weighted by atomic mass is 10.2. The van der Waals surface area contributed by atoms with E-state index in [0.29, 0.717) is 11.6 Å². The van der Waals surface area contributed by atoms with E-state index >= 15 is 0 Å². The third-order valence-electron chi connectivity index (χ3n) is 4.47. The first kappa shape index (κ1) is 16.8. The van der Waals surface area contributed by atoms with Crippen LogP contribution in [0.25, 0.3) is 11.0 Å². The number of hydrogen-bond donors (Lipinski definition) is 0. The van der Waals surface area contributed by atoms with E-state index in [4.69, 9.17) is 17.0 Å². The molecule has 5 rings (SSSR count). The van der Waals surface area contributed by atoms with E-state index in [1.54, 1.807) is 12.4 Å². The topological polar surface area (TPSA) is 56.3 Å². The third kappa shape index (κ3) is 3.20. The molecule has 0 aliphatic carbocycles. The Labute approximate surface area is 168 Å². The van der Waals surface area contributed by atoms with E-state index in [1.165, 1.54) is 0 Å². The van der Waals surface area contributed by atoms with Crippen molar-refractivity contribution in [1.82, 2.24) is 0 Å². The lowest BCUT2D eigenvalue weighted by Crippen LogP contribution is -2.13. The summed E-state index contributed by atoms with van der Waals surface area (Å²) >= 11 is -1.27. The Hall–Kier alpha value is -3.33. The molecule has 0 saturated heterocycles. The Morgan fingerprint density at radius 1 is 0.643 bits per heavy atom. The molecule has 0 bridgehead atoms. The van der Waals surface area contributed by atoms with Gasteiger partial charge in [-0.1, -0.05) is 36.4 Å². The van der Waals surface area contributed by atoms with Crippen molar-refractivity contribution in [2.45, 2.75) is 0 Å². The minimum atomic E-state index is -1.27. The number of nitrogens with zero attached hydrogens (tertiary/aromatic N) is 2. The Morgan fingerprint density at radius 2 is 1.25 bits per heavy atom. The average Bonchev–Trinajstić information content (AvgIpc) is 3.09.